The van der Waals surface area contributed by atoms with Gasteiger partial charge in [0.15, 0.2) is 0 Å². The molecule has 1 amide bonds. The van der Waals surface area contributed by atoms with Gasteiger partial charge in [-0.15, -0.1) is 23.5 Å². The molecule has 0 saturated carbocycles. The molecule has 2 aromatic rings. The van der Waals surface area contributed by atoms with Crippen LogP contribution in [0.1, 0.15) is 26.9 Å². The summed E-state index contributed by atoms with van der Waals surface area (Å²) in [6.45, 7) is 4.05. The third-order valence-electron chi connectivity index (χ3n) is 5.27. The fraction of sp³-hybridized carbons (Fsp3) is 0.409. The van der Waals surface area contributed by atoms with Crippen molar-refractivity contribution in [3.63, 3.8) is 0 Å². The summed E-state index contributed by atoms with van der Waals surface area (Å²) in [4.78, 5) is 17.5. The number of carbonyl (C=O) groups excluding carboxylic acids is 1. The van der Waals surface area contributed by atoms with Crippen molar-refractivity contribution in [2.45, 2.75) is 11.0 Å². The molecule has 2 aromatic carbocycles. The van der Waals surface area contributed by atoms with Crippen LogP contribution in [-0.4, -0.2) is 55.5 Å². The molecule has 6 heteroatoms. The quantitative estimate of drug-likeness (QED) is 0.795. The molecule has 0 spiro atoms. The van der Waals surface area contributed by atoms with E-state index < -0.39 is 0 Å². The van der Waals surface area contributed by atoms with Crippen LogP contribution in [-0.2, 0) is 0 Å². The SMILES string of the molecule is CN1CCN(c2ccccc2NC(=O)c2ccc(C3SCCCS3)cc2)CC1. The first-order chi connectivity index (χ1) is 13.7. The zero-order chi connectivity index (χ0) is 19.3. The maximum atomic E-state index is 12.8. The fourth-order valence-corrected chi connectivity index (χ4v) is 6.46. The minimum absolute atomic E-state index is 0.0444. The fourth-order valence-electron chi connectivity index (χ4n) is 3.57. The maximum absolute atomic E-state index is 12.8. The monoisotopic (exact) mass is 413 g/mol. The minimum atomic E-state index is -0.0444. The van der Waals surface area contributed by atoms with Crippen molar-refractivity contribution in [2.75, 3.05) is 54.9 Å². The molecular weight excluding hydrogens is 386 g/mol. The molecule has 2 heterocycles. The van der Waals surface area contributed by atoms with Crippen LogP contribution in [0.15, 0.2) is 48.5 Å². The summed E-state index contributed by atoms with van der Waals surface area (Å²) < 4.78 is 0.504. The van der Waals surface area contributed by atoms with Crippen LogP contribution < -0.4 is 10.2 Å². The topological polar surface area (TPSA) is 35.6 Å². The highest BCUT2D eigenvalue weighted by atomic mass is 32.2. The first kappa shape index (κ1) is 19.7. The number of likely N-dealkylation sites (N-methyl/N-ethyl adjacent to an activating group) is 1. The van der Waals surface area contributed by atoms with Gasteiger partial charge in [-0.05, 0) is 54.8 Å². The molecule has 1 N–H and O–H groups in total. The maximum Gasteiger partial charge on any atom is 0.255 e. The van der Waals surface area contributed by atoms with Gasteiger partial charge in [-0.2, -0.15) is 0 Å². The minimum Gasteiger partial charge on any atom is -0.367 e. The summed E-state index contributed by atoms with van der Waals surface area (Å²) in [6, 6.07) is 16.2. The highest BCUT2D eigenvalue weighted by Crippen LogP contribution is 2.43. The second-order valence-electron chi connectivity index (χ2n) is 7.31. The highest BCUT2D eigenvalue weighted by molar-refractivity contribution is 8.16. The molecule has 0 atom stereocenters. The summed E-state index contributed by atoms with van der Waals surface area (Å²) in [7, 11) is 2.15. The third kappa shape index (κ3) is 4.67. The summed E-state index contributed by atoms with van der Waals surface area (Å²) in [5, 5.41) is 3.13. The number of nitrogens with zero attached hydrogens (tertiary/aromatic N) is 2. The largest absolute Gasteiger partial charge is 0.367 e. The second kappa shape index (κ2) is 9.25. The van der Waals surface area contributed by atoms with Crippen molar-refractivity contribution in [1.29, 1.82) is 0 Å². The molecule has 4 rings (SSSR count). The van der Waals surface area contributed by atoms with Gasteiger partial charge in [0.2, 0.25) is 0 Å². The average molecular weight is 414 g/mol. The third-order valence-corrected chi connectivity index (χ3v) is 8.28. The number of thioether (sulfide) groups is 2. The molecule has 28 heavy (non-hydrogen) atoms. The van der Waals surface area contributed by atoms with Crippen LogP contribution in [0.3, 0.4) is 0 Å². The van der Waals surface area contributed by atoms with Crippen LogP contribution in [0, 0.1) is 0 Å². The molecule has 2 aliphatic rings. The number of carbonyl (C=O) groups is 1. The van der Waals surface area contributed by atoms with Crippen molar-refractivity contribution in [1.82, 2.24) is 4.90 Å². The zero-order valence-corrected chi connectivity index (χ0v) is 17.9. The summed E-state index contributed by atoms with van der Waals surface area (Å²) >= 11 is 4.01. The molecule has 0 aromatic heterocycles. The van der Waals surface area contributed by atoms with Gasteiger partial charge in [0, 0.05) is 31.7 Å². The van der Waals surface area contributed by atoms with E-state index in [0.29, 0.717) is 10.1 Å². The molecule has 148 valence electrons. The Bertz CT molecular complexity index is 798. The Labute approximate surface area is 176 Å². The lowest BCUT2D eigenvalue weighted by Gasteiger charge is -2.35. The van der Waals surface area contributed by atoms with E-state index in [1.807, 2.05) is 53.9 Å². The number of nitrogens with one attached hydrogen (secondary N) is 1. The van der Waals surface area contributed by atoms with Crippen LogP contribution in [0.25, 0.3) is 0 Å². The van der Waals surface area contributed by atoms with E-state index in [1.165, 1.54) is 23.5 Å². The number of benzene rings is 2. The van der Waals surface area contributed by atoms with Gasteiger partial charge < -0.3 is 15.1 Å². The predicted molar refractivity (Wildman–Crippen MR) is 123 cm³/mol. The van der Waals surface area contributed by atoms with Crippen molar-refractivity contribution in [3.8, 4) is 0 Å². The molecule has 2 saturated heterocycles. The molecule has 0 aliphatic carbocycles. The normalized spacial score (nSPS) is 18.8. The molecule has 0 bridgehead atoms. The summed E-state index contributed by atoms with van der Waals surface area (Å²) in [6.07, 6.45) is 1.29. The number of para-hydroxylation sites is 2. The van der Waals surface area contributed by atoms with Gasteiger partial charge in [0.1, 0.15) is 0 Å². The first-order valence-corrected chi connectivity index (χ1v) is 12.0. The van der Waals surface area contributed by atoms with Gasteiger partial charge in [0.05, 0.1) is 16.0 Å². The van der Waals surface area contributed by atoms with E-state index in [-0.39, 0.29) is 5.91 Å². The number of amides is 1. The standard InChI is InChI=1S/C22H27N3OS2/c1-24-11-13-25(14-12-24)20-6-3-2-5-19(20)23-21(26)17-7-9-18(10-8-17)22-27-15-4-16-28-22/h2-3,5-10,22H,4,11-16H2,1H3,(H,23,26). The number of hydrogen-bond acceptors (Lipinski definition) is 5. The van der Waals surface area contributed by atoms with E-state index in [1.54, 1.807) is 0 Å². The van der Waals surface area contributed by atoms with Gasteiger partial charge in [-0.3, -0.25) is 4.79 Å². The summed E-state index contributed by atoms with van der Waals surface area (Å²) in [5.74, 6) is 2.41. The van der Waals surface area contributed by atoms with E-state index in [0.717, 1.165) is 37.6 Å². The Hall–Kier alpha value is -1.63. The highest BCUT2D eigenvalue weighted by Gasteiger charge is 2.19. The first-order valence-electron chi connectivity index (χ1n) is 9.88. The number of rotatable bonds is 4. The molecule has 2 fully saturated rings. The lowest BCUT2D eigenvalue weighted by atomic mass is 10.1. The van der Waals surface area contributed by atoms with E-state index in [2.05, 4.69) is 40.4 Å². The zero-order valence-electron chi connectivity index (χ0n) is 16.3. The Morgan fingerprint density at radius 2 is 1.64 bits per heavy atom. The Kier molecular flexibility index (Phi) is 6.50. The van der Waals surface area contributed by atoms with Gasteiger partial charge >= 0.3 is 0 Å². The van der Waals surface area contributed by atoms with Crippen molar-refractivity contribution < 1.29 is 4.79 Å². The van der Waals surface area contributed by atoms with Gasteiger partial charge in [0.25, 0.3) is 5.91 Å². The Morgan fingerprint density at radius 3 is 2.36 bits per heavy atom. The van der Waals surface area contributed by atoms with Crippen molar-refractivity contribution >= 4 is 40.8 Å². The molecule has 2 aliphatic heterocycles. The van der Waals surface area contributed by atoms with Crippen molar-refractivity contribution in [2.24, 2.45) is 0 Å². The Morgan fingerprint density at radius 1 is 0.964 bits per heavy atom. The molecular formula is C22H27N3OS2. The molecule has 4 nitrogen and oxygen atoms in total. The lowest BCUT2D eigenvalue weighted by Crippen LogP contribution is -2.44. The van der Waals surface area contributed by atoms with E-state index >= 15 is 0 Å². The number of hydrogen-bond donors (Lipinski definition) is 1. The number of piperazine rings is 1. The van der Waals surface area contributed by atoms with Gasteiger partial charge in [-0.25, -0.2) is 0 Å². The molecule has 0 unspecified atom stereocenters. The van der Waals surface area contributed by atoms with Crippen molar-refractivity contribution in [3.05, 3.63) is 59.7 Å². The molecule has 0 radical (unpaired) electrons. The van der Waals surface area contributed by atoms with Crippen LogP contribution in [0.5, 0.6) is 0 Å². The summed E-state index contributed by atoms with van der Waals surface area (Å²) in [5.41, 5.74) is 4.02. The van der Waals surface area contributed by atoms with Gasteiger partial charge in [-0.1, -0.05) is 24.3 Å². The Balaban J connectivity index is 1.45. The lowest BCUT2D eigenvalue weighted by molar-refractivity contribution is 0.102. The van der Waals surface area contributed by atoms with Crippen LogP contribution in [0.2, 0.25) is 0 Å². The van der Waals surface area contributed by atoms with E-state index in [9.17, 15) is 4.79 Å². The van der Waals surface area contributed by atoms with Crippen LogP contribution >= 0.6 is 23.5 Å². The second-order valence-corrected chi connectivity index (χ2v) is 10.0. The predicted octanol–water partition coefficient (Wildman–Crippen LogP) is 4.56. The van der Waals surface area contributed by atoms with E-state index in [4.69, 9.17) is 0 Å². The number of anilines is 2. The smallest absolute Gasteiger partial charge is 0.255 e. The van der Waals surface area contributed by atoms with Crippen LogP contribution in [0.4, 0.5) is 11.4 Å². The average Bonchev–Trinajstić information content (AvgIpc) is 2.75.